The Bertz CT molecular complexity index is 1100. The van der Waals surface area contributed by atoms with E-state index in [2.05, 4.69) is 15.5 Å². The molecule has 3 rings (SSSR count). The molecule has 0 spiro atoms. The number of ether oxygens (including phenoxy) is 1. The molecule has 2 aromatic carbocycles. The Morgan fingerprint density at radius 1 is 1.12 bits per heavy atom. The van der Waals surface area contributed by atoms with Crippen LogP contribution in [0.1, 0.15) is 18.9 Å². The minimum atomic E-state index is -0.212. The zero-order valence-electron chi connectivity index (χ0n) is 19.4. The van der Waals surface area contributed by atoms with Gasteiger partial charge in [0.15, 0.2) is 11.0 Å². The maximum absolute atomic E-state index is 12.9. The van der Waals surface area contributed by atoms with Crippen LogP contribution in [0.15, 0.2) is 53.7 Å². The van der Waals surface area contributed by atoms with Crippen LogP contribution in [-0.2, 0) is 16.6 Å². The van der Waals surface area contributed by atoms with Crippen LogP contribution in [-0.4, -0.2) is 57.4 Å². The van der Waals surface area contributed by atoms with Gasteiger partial charge in [0, 0.05) is 24.8 Å². The van der Waals surface area contributed by atoms with Crippen molar-refractivity contribution in [2.45, 2.75) is 25.4 Å². The van der Waals surface area contributed by atoms with Crippen molar-refractivity contribution >= 4 is 29.3 Å². The van der Waals surface area contributed by atoms with Crippen molar-refractivity contribution in [3.05, 3.63) is 54.1 Å². The zero-order valence-corrected chi connectivity index (χ0v) is 20.2. The summed E-state index contributed by atoms with van der Waals surface area (Å²) in [6.07, 6.45) is 0.764. The molecule has 0 saturated carbocycles. The van der Waals surface area contributed by atoms with Gasteiger partial charge in [-0.2, -0.15) is 0 Å². The first-order valence-corrected chi connectivity index (χ1v) is 11.7. The SMILES string of the molecule is CCCN(CC(=O)Nc1ccccc1C)C(=O)CSc1nnc(-c2ccc(OC)cc2)n1C. The number of rotatable bonds is 10. The predicted octanol–water partition coefficient (Wildman–Crippen LogP) is 3.77. The van der Waals surface area contributed by atoms with Gasteiger partial charge in [0.25, 0.3) is 0 Å². The number of benzene rings is 2. The molecule has 1 N–H and O–H groups in total. The summed E-state index contributed by atoms with van der Waals surface area (Å²) in [5.41, 5.74) is 2.64. The molecule has 1 aromatic heterocycles. The molecule has 2 amide bonds. The molecule has 33 heavy (non-hydrogen) atoms. The Kier molecular flexibility index (Phi) is 8.48. The summed E-state index contributed by atoms with van der Waals surface area (Å²) in [6, 6.07) is 15.1. The third-order valence-corrected chi connectivity index (χ3v) is 6.11. The molecule has 9 heteroatoms. The fraction of sp³-hybridized carbons (Fsp3) is 0.333. The number of carbonyl (C=O) groups excluding carboxylic acids is 2. The number of hydrogen-bond acceptors (Lipinski definition) is 6. The Labute approximate surface area is 198 Å². The largest absolute Gasteiger partial charge is 0.497 e. The lowest BCUT2D eigenvalue weighted by molar-refractivity contribution is -0.132. The molecule has 1 heterocycles. The van der Waals surface area contributed by atoms with Crippen LogP contribution in [0, 0.1) is 6.92 Å². The van der Waals surface area contributed by atoms with Gasteiger partial charge in [-0.3, -0.25) is 9.59 Å². The van der Waals surface area contributed by atoms with Crippen molar-refractivity contribution in [3.8, 4) is 17.1 Å². The molecule has 0 fully saturated rings. The van der Waals surface area contributed by atoms with Gasteiger partial charge in [0.1, 0.15) is 5.75 Å². The molecule has 174 valence electrons. The lowest BCUT2D eigenvalue weighted by atomic mass is 10.2. The van der Waals surface area contributed by atoms with Crippen LogP contribution in [0.5, 0.6) is 5.75 Å². The topological polar surface area (TPSA) is 89.3 Å². The van der Waals surface area contributed by atoms with E-state index in [4.69, 9.17) is 4.74 Å². The van der Waals surface area contributed by atoms with E-state index in [1.807, 2.05) is 74.0 Å². The van der Waals surface area contributed by atoms with Crippen LogP contribution in [0.2, 0.25) is 0 Å². The van der Waals surface area contributed by atoms with Gasteiger partial charge in [0.2, 0.25) is 11.8 Å². The number of para-hydroxylation sites is 1. The van der Waals surface area contributed by atoms with Gasteiger partial charge in [-0.15, -0.1) is 10.2 Å². The van der Waals surface area contributed by atoms with Crippen molar-refractivity contribution in [1.29, 1.82) is 0 Å². The van der Waals surface area contributed by atoms with Gasteiger partial charge in [0.05, 0.1) is 19.4 Å². The lowest BCUT2D eigenvalue weighted by Crippen LogP contribution is -2.39. The molecule has 0 saturated heterocycles. The molecule has 3 aromatic rings. The molecule has 0 aliphatic carbocycles. The standard InChI is InChI=1S/C24H29N5O3S/c1-5-14-29(15-21(30)25-20-9-7-6-8-17(20)2)22(31)16-33-24-27-26-23(28(24)3)18-10-12-19(32-4)13-11-18/h6-13H,5,14-16H2,1-4H3,(H,25,30). The van der Waals surface area contributed by atoms with Crippen LogP contribution in [0.25, 0.3) is 11.4 Å². The van der Waals surface area contributed by atoms with Crippen molar-refractivity contribution < 1.29 is 14.3 Å². The fourth-order valence-corrected chi connectivity index (χ4v) is 4.10. The van der Waals surface area contributed by atoms with Crippen LogP contribution in [0.4, 0.5) is 5.69 Å². The van der Waals surface area contributed by atoms with E-state index in [1.165, 1.54) is 11.8 Å². The van der Waals surface area contributed by atoms with Crippen LogP contribution < -0.4 is 10.1 Å². The fourth-order valence-electron chi connectivity index (χ4n) is 3.29. The minimum Gasteiger partial charge on any atom is -0.497 e. The van der Waals surface area contributed by atoms with Crippen LogP contribution in [0.3, 0.4) is 0 Å². The molecule has 0 atom stereocenters. The van der Waals surface area contributed by atoms with E-state index in [-0.39, 0.29) is 24.1 Å². The highest BCUT2D eigenvalue weighted by Crippen LogP contribution is 2.24. The van der Waals surface area contributed by atoms with E-state index < -0.39 is 0 Å². The van der Waals surface area contributed by atoms with E-state index in [9.17, 15) is 9.59 Å². The summed E-state index contributed by atoms with van der Waals surface area (Å²) in [6.45, 7) is 4.44. The number of aryl methyl sites for hydroxylation is 1. The van der Waals surface area contributed by atoms with E-state index in [1.54, 1.807) is 12.0 Å². The smallest absolute Gasteiger partial charge is 0.244 e. The minimum absolute atomic E-state index is 0.0114. The Hall–Kier alpha value is -3.33. The van der Waals surface area contributed by atoms with Crippen molar-refractivity contribution in [1.82, 2.24) is 19.7 Å². The molecule has 0 radical (unpaired) electrons. The molecule has 0 bridgehead atoms. The van der Waals surface area contributed by atoms with Gasteiger partial charge in [-0.25, -0.2) is 0 Å². The Morgan fingerprint density at radius 2 is 1.85 bits per heavy atom. The molecular weight excluding hydrogens is 438 g/mol. The average molecular weight is 468 g/mol. The second-order valence-electron chi connectivity index (χ2n) is 7.56. The van der Waals surface area contributed by atoms with Crippen molar-refractivity contribution in [2.75, 3.05) is 31.3 Å². The zero-order chi connectivity index (χ0) is 23.8. The number of amides is 2. The van der Waals surface area contributed by atoms with Crippen molar-refractivity contribution in [2.24, 2.45) is 7.05 Å². The summed E-state index contributed by atoms with van der Waals surface area (Å²) in [5, 5.41) is 12.0. The summed E-state index contributed by atoms with van der Waals surface area (Å²) < 4.78 is 7.05. The predicted molar refractivity (Wildman–Crippen MR) is 130 cm³/mol. The highest BCUT2D eigenvalue weighted by molar-refractivity contribution is 7.99. The van der Waals surface area contributed by atoms with E-state index in [0.29, 0.717) is 17.5 Å². The quantitative estimate of drug-likeness (QED) is 0.457. The molecule has 0 aliphatic rings. The van der Waals surface area contributed by atoms with Gasteiger partial charge >= 0.3 is 0 Å². The van der Waals surface area contributed by atoms with Crippen LogP contribution >= 0.6 is 11.8 Å². The van der Waals surface area contributed by atoms with Gasteiger partial charge in [-0.05, 0) is 49.2 Å². The highest BCUT2D eigenvalue weighted by atomic mass is 32.2. The number of nitrogens with one attached hydrogen (secondary N) is 1. The number of hydrogen-bond donors (Lipinski definition) is 1. The molecule has 8 nitrogen and oxygen atoms in total. The first-order chi connectivity index (χ1) is 15.9. The number of thioether (sulfide) groups is 1. The second kappa shape index (κ2) is 11.5. The molecule has 0 unspecified atom stereocenters. The monoisotopic (exact) mass is 467 g/mol. The Morgan fingerprint density at radius 3 is 2.52 bits per heavy atom. The van der Waals surface area contributed by atoms with E-state index in [0.717, 1.165) is 29.0 Å². The second-order valence-corrected chi connectivity index (χ2v) is 8.50. The average Bonchev–Trinajstić information content (AvgIpc) is 3.19. The summed E-state index contributed by atoms with van der Waals surface area (Å²) in [5.74, 6) is 1.32. The summed E-state index contributed by atoms with van der Waals surface area (Å²) in [7, 11) is 3.49. The number of carbonyl (C=O) groups is 2. The maximum Gasteiger partial charge on any atom is 0.244 e. The van der Waals surface area contributed by atoms with E-state index >= 15 is 0 Å². The number of anilines is 1. The lowest BCUT2D eigenvalue weighted by Gasteiger charge is -2.21. The van der Waals surface area contributed by atoms with Gasteiger partial charge in [-0.1, -0.05) is 36.9 Å². The normalized spacial score (nSPS) is 10.7. The number of nitrogens with zero attached hydrogens (tertiary/aromatic N) is 4. The first-order valence-electron chi connectivity index (χ1n) is 10.7. The summed E-state index contributed by atoms with van der Waals surface area (Å²) >= 11 is 1.31. The highest BCUT2D eigenvalue weighted by Gasteiger charge is 2.19. The third-order valence-electron chi connectivity index (χ3n) is 5.11. The Balaban J connectivity index is 1.61. The van der Waals surface area contributed by atoms with Gasteiger partial charge < -0.3 is 19.5 Å². The maximum atomic E-state index is 12.9. The van der Waals surface area contributed by atoms with Crippen molar-refractivity contribution in [3.63, 3.8) is 0 Å². The number of methoxy groups -OCH3 is 1. The number of aromatic nitrogens is 3. The molecule has 0 aliphatic heterocycles. The summed E-state index contributed by atoms with van der Waals surface area (Å²) in [4.78, 5) is 27.0. The first kappa shape index (κ1) is 24.3. The third kappa shape index (κ3) is 6.35. The molecular formula is C24H29N5O3S.